The third-order valence-electron chi connectivity index (χ3n) is 6.86. The van der Waals surface area contributed by atoms with Crippen LogP contribution in [0.1, 0.15) is 55.0 Å². The molecule has 0 heterocycles. The van der Waals surface area contributed by atoms with Gasteiger partial charge in [0.1, 0.15) is 10.5 Å². The maximum atomic E-state index is 14.6. The number of sulfone groups is 1. The zero-order valence-corrected chi connectivity index (χ0v) is 24.9. The highest BCUT2D eigenvalue weighted by atomic mass is 35.5. The summed E-state index contributed by atoms with van der Waals surface area (Å²) in [5.74, 6) is 0. The number of benzene rings is 4. The lowest BCUT2D eigenvalue weighted by Gasteiger charge is -2.22. The Morgan fingerprint density at radius 3 is 1.26 bits per heavy atom. The maximum Gasteiger partial charge on any atom is 0.171 e. The molecule has 2 atom stereocenters. The maximum absolute atomic E-state index is 14.6. The molecule has 0 saturated carbocycles. The van der Waals surface area contributed by atoms with Gasteiger partial charge in [0, 0.05) is 10.0 Å². The number of halogens is 2. The largest absolute Gasteiger partial charge is 0.227 e. The fourth-order valence-electron chi connectivity index (χ4n) is 4.69. The van der Waals surface area contributed by atoms with Gasteiger partial charge >= 0.3 is 0 Å². The first-order chi connectivity index (χ1) is 18.5. The minimum atomic E-state index is -3.84. The smallest absolute Gasteiger partial charge is 0.171 e. The molecule has 0 N–H and O–H groups in total. The van der Waals surface area contributed by atoms with Crippen LogP contribution in [0.5, 0.6) is 0 Å². The van der Waals surface area contributed by atoms with E-state index in [9.17, 15) is 8.42 Å². The van der Waals surface area contributed by atoms with Crippen molar-refractivity contribution in [1.82, 2.24) is 0 Å². The molecule has 0 bridgehead atoms. The first kappa shape index (κ1) is 28.9. The van der Waals surface area contributed by atoms with Crippen LogP contribution in [0.25, 0.3) is 12.2 Å². The summed E-state index contributed by atoms with van der Waals surface area (Å²) < 4.78 is 29.1. The molecule has 0 aliphatic rings. The van der Waals surface area contributed by atoms with Gasteiger partial charge in [-0.3, -0.25) is 0 Å². The molecule has 0 amide bonds. The molecule has 4 aromatic rings. The normalized spacial score (nSPS) is 13.7. The van der Waals surface area contributed by atoms with Gasteiger partial charge in [-0.25, -0.2) is 8.42 Å². The Kier molecular flexibility index (Phi) is 9.17. The summed E-state index contributed by atoms with van der Waals surface area (Å²) in [5.41, 5.74) is 7.74. The first-order valence-corrected chi connectivity index (χ1v) is 15.2. The molecular formula is C34H32Cl2O2S. The topological polar surface area (TPSA) is 34.1 Å². The summed E-state index contributed by atoms with van der Waals surface area (Å²) in [6.45, 7) is 8.14. The van der Waals surface area contributed by atoms with Crippen molar-refractivity contribution in [1.29, 1.82) is 0 Å². The standard InChI is InChI=1S/C34H32Cl2O2S/c1-23-5-7-27(25(3)21-23)13-19-33(29-9-15-31(35)16-10-29)39(37,38)34(30-11-17-32(36)18-12-30)20-14-28-8-6-24(2)22-26(28)4/h5-22,33-34H,1-4H3/b19-13-,20-14-. The second-order valence-electron chi connectivity index (χ2n) is 9.97. The highest BCUT2D eigenvalue weighted by molar-refractivity contribution is 7.92. The Balaban J connectivity index is 1.85. The fraction of sp³-hybridized carbons (Fsp3) is 0.176. The van der Waals surface area contributed by atoms with Gasteiger partial charge in [0.05, 0.1) is 0 Å². The van der Waals surface area contributed by atoms with E-state index in [-0.39, 0.29) is 0 Å². The number of hydrogen-bond donors (Lipinski definition) is 0. The van der Waals surface area contributed by atoms with Crippen LogP contribution in [0.4, 0.5) is 0 Å². The van der Waals surface area contributed by atoms with E-state index in [1.807, 2.05) is 64.1 Å². The van der Waals surface area contributed by atoms with E-state index in [1.165, 1.54) is 0 Å². The van der Waals surface area contributed by atoms with Gasteiger partial charge in [-0.2, -0.15) is 0 Å². The van der Waals surface area contributed by atoms with Crippen LogP contribution in [-0.4, -0.2) is 8.42 Å². The van der Waals surface area contributed by atoms with Crippen LogP contribution in [0.15, 0.2) is 97.1 Å². The molecule has 0 fully saturated rings. The number of hydrogen-bond acceptors (Lipinski definition) is 2. The van der Waals surface area contributed by atoms with E-state index in [0.717, 1.165) is 33.4 Å². The molecular weight excluding hydrogens is 543 g/mol. The van der Waals surface area contributed by atoms with Crippen molar-refractivity contribution >= 4 is 45.2 Å². The molecule has 0 saturated heterocycles. The van der Waals surface area contributed by atoms with Gasteiger partial charge in [-0.1, -0.05) is 119 Å². The van der Waals surface area contributed by atoms with E-state index in [1.54, 1.807) is 60.7 Å². The molecule has 39 heavy (non-hydrogen) atoms. The highest BCUT2D eigenvalue weighted by Crippen LogP contribution is 2.38. The van der Waals surface area contributed by atoms with Crippen molar-refractivity contribution in [3.63, 3.8) is 0 Å². The fourth-order valence-corrected chi connectivity index (χ4v) is 6.93. The van der Waals surface area contributed by atoms with Crippen molar-refractivity contribution in [3.05, 3.63) is 152 Å². The van der Waals surface area contributed by atoms with Crippen LogP contribution in [0.2, 0.25) is 10.0 Å². The molecule has 0 spiro atoms. The van der Waals surface area contributed by atoms with Crippen LogP contribution in [0.3, 0.4) is 0 Å². The minimum absolute atomic E-state index is 0.553. The zero-order chi connectivity index (χ0) is 28.2. The van der Waals surface area contributed by atoms with Crippen LogP contribution in [-0.2, 0) is 9.84 Å². The van der Waals surface area contributed by atoms with Gasteiger partial charge in [-0.05, 0) is 85.3 Å². The first-order valence-electron chi connectivity index (χ1n) is 12.8. The Hall–Kier alpha value is -3.11. The summed E-state index contributed by atoms with van der Waals surface area (Å²) in [7, 11) is -3.84. The summed E-state index contributed by atoms with van der Waals surface area (Å²) in [5, 5.41) is -0.700. The Morgan fingerprint density at radius 2 is 0.923 bits per heavy atom. The van der Waals surface area contributed by atoms with Crippen molar-refractivity contribution in [2.45, 2.75) is 38.2 Å². The molecule has 5 heteroatoms. The monoisotopic (exact) mass is 574 g/mol. The molecule has 4 rings (SSSR count). The van der Waals surface area contributed by atoms with Crippen molar-refractivity contribution in [3.8, 4) is 0 Å². The molecule has 0 aliphatic carbocycles. The van der Waals surface area contributed by atoms with E-state index >= 15 is 0 Å². The highest BCUT2D eigenvalue weighted by Gasteiger charge is 2.33. The molecule has 2 nitrogen and oxygen atoms in total. The van der Waals surface area contributed by atoms with E-state index in [2.05, 4.69) is 12.1 Å². The second-order valence-corrected chi connectivity index (χ2v) is 13.0. The van der Waals surface area contributed by atoms with Crippen molar-refractivity contribution in [2.24, 2.45) is 0 Å². The third-order valence-corrected chi connectivity index (χ3v) is 9.64. The molecule has 4 aromatic carbocycles. The van der Waals surface area contributed by atoms with Crippen molar-refractivity contribution in [2.75, 3.05) is 0 Å². The average molecular weight is 576 g/mol. The van der Waals surface area contributed by atoms with Gasteiger partial charge in [-0.15, -0.1) is 0 Å². The number of aryl methyl sites for hydroxylation is 4. The average Bonchev–Trinajstić information content (AvgIpc) is 2.88. The predicted molar refractivity (Wildman–Crippen MR) is 167 cm³/mol. The Labute approximate surface area is 242 Å². The lowest BCUT2D eigenvalue weighted by Crippen LogP contribution is -2.19. The SMILES string of the molecule is Cc1ccc(/C=C\C(c2ccc(Cl)cc2)S(=O)(=O)C(/C=C\c2ccc(C)cc2C)c2ccc(Cl)cc2)c(C)c1. The summed E-state index contributed by atoms with van der Waals surface area (Å²) in [6.07, 6.45) is 7.37. The zero-order valence-electron chi connectivity index (χ0n) is 22.5. The minimum Gasteiger partial charge on any atom is -0.227 e. The Morgan fingerprint density at radius 1 is 0.564 bits per heavy atom. The molecule has 2 unspecified atom stereocenters. The van der Waals surface area contributed by atoms with Crippen LogP contribution >= 0.6 is 23.2 Å². The second kappa shape index (κ2) is 12.4. The number of rotatable bonds is 8. The summed E-state index contributed by atoms with van der Waals surface area (Å²) in [4.78, 5) is 0. The third kappa shape index (κ3) is 7.10. The molecule has 0 radical (unpaired) electrons. The molecule has 200 valence electrons. The quantitative estimate of drug-likeness (QED) is 0.210. The van der Waals surface area contributed by atoms with Gasteiger partial charge < -0.3 is 0 Å². The van der Waals surface area contributed by atoms with Crippen LogP contribution in [0, 0.1) is 27.7 Å². The Bertz CT molecular complexity index is 1500. The molecule has 0 aromatic heterocycles. The van der Waals surface area contributed by atoms with Crippen LogP contribution < -0.4 is 0 Å². The van der Waals surface area contributed by atoms with Gasteiger partial charge in [0.2, 0.25) is 0 Å². The van der Waals surface area contributed by atoms with E-state index in [0.29, 0.717) is 21.2 Å². The summed E-state index contributed by atoms with van der Waals surface area (Å²) >= 11 is 12.3. The van der Waals surface area contributed by atoms with Crippen molar-refractivity contribution < 1.29 is 8.42 Å². The lowest BCUT2D eigenvalue weighted by atomic mass is 10.0. The predicted octanol–water partition coefficient (Wildman–Crippen LogP) is 9.85. The van der Waals surface area contributed by atoms with E-state index < -0.39 is 20.3 Å². The van der Waals surface area contributed by atoms with Gasteiger partial charge in [0.15, 0.2) is 9.84 Å². The molecule has 0 aliphatic heterocycles. The summed E-state index contributed by atoms with van der Waals surface area (Å²) in [6, 6.07) is 26.3. The van der Waals surface area contributed by atoms with E-state index in [4.69, 9.17) is 23.2 Å². The van der Waals surface area contributed by atoms with Gasteiger partial charge in [0.25, 0.3) is 0 Å². The lowest BCUT2D eigenvalue weighted by molar-refractivity contribution is 0.584.